The van der Waals surface area contributed by atoms with Gasteiger partial charge in [0.1, 0.15) is 0 Å². The molecule has 0 aliphatic carbocycles. The van der Waals surface area contributed by atoms with Gasteiger partial charge in [0.15, 0.2) is 5.96 Å². The van der Waals surface area contributed by atoms with Gasteiger partial charge in [0.25, 0.3) is 5.91 Å². The number of amides is 1. The number of hydrogen-bond donors (Lipinski definition) is 3. The van der Waals surface area contributed by atoms with Crippen LogP contribution in [0.2, 0.25) is 0 Å². The minimum atomic E-state index is -0.0281. The molecule has 0 aliphatic heterocycles. The van der Waals surface area contributed by atoms with Crippen molar-refractivity contribution in [2.24, 2.45) is 4.99 Å². The van der Waals surface area contributed by atoms with Gasteiger partial charge in [-0.2, -0.15) is 0 Å². The number of carbonyl (C=O) groups is 1. The normalized spacial score (nSPS) is 12.0. The van der Waals surface area contributed by atoms with Crippen molar-refractivity contribution < 1.29 is 4.79 Å². The van der Waals surface area contributed by atoms with Crippen molar-refractivity contribution in [1.82, 2.24) is 16.0 Å². The number of thiophene rings is 1. The number of hydrogen-bond acceptors (Lipinski definition) is 3. The van der Waals surface area contributed by atoms with Crippen molar-refractivity contribution in [2.45, 2.75) is 39.3 Å². The summed E-state index contributed by atoms with van der Waals surface area (Å²) in [5, 5.41) is 11.7. The van der Waals surface area contributed by atoms with Crippen molar-refractivity contribution in [2.75, 3.05) is 13.6 Å². The van der Waals surface area contributed by atoms with E-state index in [4.69, 9.17) is 0 Å². The third-order valence-electron chi connectivity index (χ3n) is 4.11. The first-order chi connectivity index (χ1) is 12.6. The first kappa shape index (κ1) is 23.4. The van der Waals surface area contributed by atoms with E-state index in [1.54, 1.807) is 18.4 Å². The first-order valence-electron chi connectivity index (χ1n) is 8.99. The fourth-order valence-electron chi connectivity index (χ4n) is 2.40. The van der Waals surface area contributed by atoms with Crippen LogP contribution in [-0.4, -0.2) is 31.5 Å². The van der Waals surface area contributed by atoms with E-state index < -0.39 is 0 Å². The molecule has 5 nitrogen and oxygen atoms in total. The van der Waals surface area contributed by atoms with Gasteiger partial charge in [-0.3, -0.25) is 9.79 Å². The predicted molar refractivity (Wildman–Crippen MR) is 125 cm³/mol. The summed E-state index contributed by atoms with van der Waals surface area (Å²) in [6, 6.07) is 12.1. The molecule has 0 saturated heterocycles. The van der Waals surface area contributed by atoms with Crippen LogP contribution in [0.1, 0.15) is 41.1 Å². The Morgan fingerprint density at radius 2 is 2.04 bits per heavy atom. The lowest BCUT2D eigenvalue weighted by atomic mass is 10.1. The molecule has 27 heavy (non-hydrogen) atoms. The molecule has 0 radical (unpaired) electrons. The van der Waals surface area contributed by atoms with Crippen LogP contribution in [0.25, 0.3) is 0 Å². The highest BCUT2D eigenvalue weighted by atomic mass is 127. The Hall–Kier alpha value is -1.61. The molecule has 1 aromatic heterocycles. The first-order valence-corrected chi connectivity index (χ1v) is 9.87. The van der Waals surface area contributed by atoms with Crippen LogP contribution < -0.4 is 16.0 Å². The molecular weight excluding hydrogens is 471 g/mol. The smallest absolute Gasteiger partial charge is 0.251 e. The molecule has 0 spiro atoms. The summed E-state index contributed by atoms with van der Waals surface area (Å²) in [5.41, 5.74) is 1.73. The second kappa shape index (κ2) is 12.7. The van der Waals surface area contributed by atoms with Crippen molar-refractivity contribution in [3.63, 3.8) is 0 Å². The number of aliphatic imine (C=N–C) groups is 1. The highest BCUT2D eigenvalue weighted by Crippen LogP contribution is 2.08. The van der Waals surface area contributed by atoms with Crippen LogP contribution in [0, 0.1) is 0 Å². The van der Waals surface area contributed by atoms with Gasteiger partial charge in [0, 0.05) is 36.6 Å². The molecule has 1 atom stereocenters. The molecule has 0 aliphatic rings. The van der Waals surface area contributed by atoms with Crippen molar-refractivity contribution in [3.05, 3.63) is 57.8 Å². The number of nitrogens with zero attached hydrogens (tertiary/aromatic N) is 1. The number of benzene rings is 1. The number of carbonyl (C=O) groups excluding carboxylic acids is 1. The van der Waals surface area contributed by atoms with Crippen molar-refractivity contribution in [1.29, 1.82) is 0 Å². The lowest BCUT2D eigenvalue weighted by molar-refractivity contribution is 0.0939. The molecule has 0 bridgehead atoms. The minimum Gasteiger partial charge on any atom is -0.356 e. The molecule has 0 fully saturated rings. The summed E-state index contributed by atoms with van der Waals surface area (Å²) in [5.74, 6) is 0.732. The summed E-state index contributed by atoms with van der Waals surface area (Å²) in [7, 11) is 1.76. The number of guanidine groups is 1. The monoisotopic (exact) mass is 500 g/mol. The second-order valence-corrected chi connectivity index (χ2v) is 7.20. The predicted octanol–water partition coefficient (Wildman–Crippen LogP) is 3.80. The Labute approximate surface area is 183 Å². The van der Waals surface area contributed by atoms with Gasteiger partial charge in [-0.05, 0) is 48.9 Å². The van der Waals surface area contributed by atoms with Gasteiger partial charge >= 0.3 is 0 Å². The second-order valence-electron chi connectivity index (χ2n) is 6.17. The highest BCUT2D eigenvalue weighted by Gasteiger charge is 2.09. The average molecular weight is 500 g/mol. The zero-order valence-corrected chi connectivity index (χ0v) is 19.3. The van der Waals surface area contributed by atoms with Gasteiger partial charge in [0.05, 0.1) is 0 Å². The molecular formula is C20H29IN4OS. The van der Waals surface area contributed by atoms with Crippen LogP contribution in [0.4, 0.5) is 0 Å². The van der Waals surface area contributed by atoms with Crippen LogP contribution in [0.5, 0.6) is 0 Å². The van der Waals surface area contributed by atoms with E-state index in [0.717, 1.165) is 30.9 Å². The highest BCUT2D eigenvalue weighted by molar-refractivity contribution is 14.0. The lowest BCUT2D eigenvalue weighted by Gasteiger charge is -2.13. The molecule has 1 aromatic carbocycles. The van der Waals surface area contributed by atoms with Crippen molar-refractivity contribution in [3.8, 4) is 0 Å². The van der Waals surface area contributed by atoms with E-state index in [2.05, 4.69) is 45.4 Å². The topological polar surface area (TPSA) is 65.5 Å². The zero-order chi connectivity index (χ0) is 18.8. The Bertz CT molecular complexity index is 719. The molecule has 0 saturated carbocycles. The molecule has 2 aromatic rings. The summed E-state index contributed by atoms with van der Waals surface area (Å²) < 4.78 is 0. The maximum atomic E-state index is 12.2. The number of nitrogens with one attached hydrogen (secondary N) is 3. The third kappa shape index (κ3) is 8.30. The van der Waals surface area contributed by atoms with Gasteiger partial charge in [0.2, 0.25) is 0 Å². The van der Waals surface area contributed by atoms with Gasteiger partial charge in [-0.15, -0.1) is 35.3 Å². The quantitative estimate of drug-likeness (QED) is 0.294. The standard InChI is InChI=1S/C20H28N4OS.HI/c1-4-15(2)24-19(25)17-8-5-7-16(13-17)14-23-20(21-3)22-11-10-18-9-6-12-26-18;/h5-9,12-13,15H,4,10-11,14H2,1-3H3,(H,24,25)(H2,21,22,23);1H. The van der Waals surface area contributed by atoms with Crippen LogP contribution >= 0.6 is 35.3 Å². The molecule has 2 rings (SSSR count). The molecule has 1 unspecified atom stereocenters. The molecule has 148 valence electrons. The van der Waals surface area contributed by atoms with Gasteiger partial charge in [-0.25, -0.2) is 0 Å². The summed E-state index contributed by atoms with van der Waals surface area (Å²) in [6.07, 6.45) is 1.89. The Kier molecular flexibility index (Phi) is 11.0. The zero-order valence-electron chi connectivity index (χ0n) is 16.1. The largest absolute Gasteiger partial charge is 0.356 e. The number of rotatable bonds is 8. The SMILES string of the molecule is CCC(C)NC(=O)c1cccc(CNC(=NC)NCCc2cccs2)c1.I. The Morgan fingerprint density at radius 1 is 1.22 bits per heavy atom. The fraction of sp³-hybridized carbons (Fsp3) is 0.400. The minimum absolute atomic E-state index is 0. The molecule has 1 amide bonds. The van der Waals surface area contributed by atoms with E-state index in [1.165, 1.54) is 4.88 Å². The van der Waals surface area contributed by atoms with E-state index in [-0.39, 0.29) is 35.9 Å². The summed E-state index contributed by atoms with van der Waals surface area (Å²) in [4.78, 5) is 17.9. The molecule has 7 heteroatoms. The number of halogens is 1. The van der Waals surface area contributed by atoms with Crippen molar-refractivity contribution >= 4 is 47.2 Å². The fourth-order valence-corrected chi connectivity index (χ4v) is 3.11. The van der Waals surface area contributed by atoms with Gasteiger partial charge < -0.3 is 16.0 Å². The molecule has 1 heterocycles. The maximum Gasteiger partial charge on any atom is 0.251 e. The average Bonchev–Trinajstić information content (AvgIpc) is 3.18. The summed E-state index contributed by atoms with van der Waals surface area (Å²) >= 11 is 1.76. The Morgan fingerprint density at radius 3 is 2.70 bits per heavy atom. The molecule has 3 N–H and O–H groups in total. The third-order valence-corrected chi connectivity index (χ3v) is 5.04. The maximum absolute atomic E-state index is 12.2. The lowest BCUT2D eigenvalue weighted by Crippen LogP contribution is -2.37. The van der Waals surface area contributed by atoms with E-state index in [1.807, 2.05) is 31.2 Å². The van der Waals surface area contributed by atoms with E-state index in [0.29, 0.717) is 12.1 Å². The van der Waals surface area contributed by atoms with Crippen LogP contribution in [-0.2, 0) is 13.0 Å². The van der Waals surface area contributed by atoms with Gasteiger partial charge in [-0.1, -0.05) is 25.1 Å². The van der Waals surface area contributed by atoms with Crippen LogP contribution in [0.3, 0.4) is 0 Å². The summed E-state index contributed by atoms with van der Waals surface area (Å²) in [6.45, 7) is 5.51. The van der Waals surface area contributed by atoms with E-state index >= 15 is 0 Å². The Balaban J connectivity index is 0.00000364. The van der Waals surface area contributed by atoms with Crippen LogP contribution in [0.15, 0.2) is 46.8 Å². The van der Waals surface area contributed by atoms with E-state index in [9.17, 15) is 4.79 Å².